The molecule has 0 bridgehead atoms. The standard InChI is InChI=1S/C18H11ClF3N3O2/c19-15-3-1-12(9-14(15)18(20,21)22)16-4-2-13(27-16)10-24-25-17(26)11-5-7-23-8-6-11/h1-10H,(H,25,26)/b24-10+. The Kier molecular flexibility index (Phi) is 5.27. The molecule has 3 aromatic rings. The third-order valence-corrected chi connectivity index (χ3v) is 3.81. The smallest absolute Gasteiger partial charge is 0.417 e. The molecule has 3 rings (SSSR count). The molecule has 2 aromatic heterocycles. The number of carbonyl (C=O) groups excluding carboxylic acids is 1. The van der Waals surface area contributed by atoms with Gasteiger partial charge in [0.1, 0.15) is 11.5 Å². The lowest BCUT2D eigenvalue weighted by atomic mass is 10.1. The zero-order valence-corrected chi connectivity index (χ0v) is 14.3. The van der Waals surface area contributed by atoms with E-state index in [1.807, 2.05) is 0 Å². The van der Waals surface area contributed by atoms with E-state index in [9.17, 15) is 18.0 Å². The first-order valence-corrected chi connectivity index (χ1v) is 7.93. The molecule has 0 spiro atoms. The number of hydrazone groups is 1. The fraction of sp³-hybridized carbons (Fsp3) is 0.0556. The SMILES string of the molecule is O=C(N/N=C/c1ccc(-c2ccc(Cl)c(C(F)(F)F)c2)o1)c1ccncc1. The van der Waals surface area contributed by atoms with Gasteiger partial charge < -0.3 is 4.42 Å². The Balaban J connectivity index is 1.73. The summed E-state index contributed by atoms with van der Waals surface area (Å²) in [6.07, 6.45) is -0.387. The first-order valence-electron chi connectivity index (χ1n) is 7.55. The molecule has 1 N–H and O–H groups in total. The Labute approximate surface area is 156 Å². The molecule has 0 atom stereocenters. The molecule has 0 radical (unpaired) electrons. The predicted molar refractivity (Wildman–Crippen MR) is 93.5 cm³/mol. The summed E-state index contributed by atoms with van der Waals surface area (Å²) in [5.41, 5.74) is 1.96. The molecular weight excluding hydrogens is 383 g/mol. The Morgan fingerprint density at radius 3 is 2.59 bits per heavy atom. The Morgan fingerprint density at radius 1 is 1.15 bits per heavy atom. The molecule has 5 nitrogen and oxygen atoms in total. The van der Waals surface area contributed by atoms with Gasteiger partial charge in [-0.05, 0) is 42.5 Å². The molecule has 138 valence electrons. The lowest BCUT2D eigenvalue weighted by molar-refractivity contribution is -0.137. The minimum Gasteiger partial charge on any atom is -0.455 e. The number of benzene rings is 1. The first-order chi connectivity index (χ1) is 12.8. The number of aromatic nitrogens is 1. The van der Waals surface area contributed by atoms with E-state index in [-0.39, 0.29) is 17.1 Å². The fourth-order valence-electron chi connectivity index (χ4n) is 2.20. The highest BCUT2D eigenvalue weighted by Crippen LogP contribution is 2.37. The molecule has 0 aliphatic rings. The summed E-state index contributed by atoms with van der Waals surface area (Å²) in [6, 6.07) is 9.54. The van der Waals surface area contributed by atoms with Crippen molar-refractivity contribution in [2.24, 2.45) is 5.10 Å². The Bertz CT molecular complexity index is 985. The third kappa shape index (κ3) is 4.53. The minimum absolute atomic E-state index is 0.207. The van der Waals surface area contributed by atoms with Crippen molar-refractivity contribution in [3.05, 3.63) is 76.8 Å². The van der Waals surface area contributed by atoms with Gasteiger partial charge >= 0.3 is 6.18 Å². The zero-order valence-electron chi connectivity index (χ0n) is 13.5. The van der Waals surface area contributed by atoms with Crippen LogP contribution in [0, 0.1) is 0 Å². The molecular formula is C18H11ClF3N3O2. The molecule has 0 unspecified atom stereocenters. The molecule has 0 fully saturated rings. The largest absolute Gasteiger partial charge is 0.455 e. The molecule has 27 heavy (non-hydrogen) atoms. The third-order valence-electron chi connectivity index (χ3n) is 3.48. The highest BCUT2D eigenvalue weighted by atomic mass is 35.5. The highest BCUT2D eigenvalue weighted by molar-refractivity contribution is 6.31. The number of hydrogen-bond acceptors (Lipinski definition) is 4. The van der Waals surface area contributed by atoms with Gasteiger partial charge in [-0.1, -0.05) is 11.6 Å². The first kappa shape index (κ1) is 18.7. The van der Waals surface area contributed by atoms with E-state index in [1.54, 1.807) is 0 Å². The lowest BCUT2D eigenvalue weighted by Gasteiger charge is -2.09. The summed E-state index contributed by atoms with van der Waals surface area (Å²) in [6.45, 7) is 0. The van der Waals surface area contributed by atoms with E-state index in [1.165, 1.54) is 48.9 Å². The van der Waals surface area contributed by atoms with Gasteiger partial charge in [0.2, 0.25) is 0 Å². The number of pyridine rings is 1. The van der Waals surface area contributed by atoms with Crippen LogP contribution >= 0.6 is 11.6 Å². The summed E-state index contributed by atoms with van der Waals surface area (Å²) in [4.78, 5) is 15.6. The molecule has 1 amide bonds. The quantitative estimate of drug-likeness (QED) is 0.512. The van der Waals surface area contributed by atoms with Gasteiger partial charge in [0.15, 0.2) is 0 Å². The van der Waals surface area contributed by atoms with Crippen LogP contribution in [-0.2, 0) is 6.18 Å². The number of carbonyl (C=O) groups is 1. The molecule has 0 aliphatic heterocycles. The van der Waals surface area contributed by atoms with Gasteiger partial charge in [0, 0.05) is 23.5 Å². The number of nitrogens with one attached hydrogen (secondary N) is 1. The van der Waals surface area contributed by atoms with E-state index in [2.05, 4.69) is 15.5 Å². The number of alkyl halides is 3. The monoisotopic (exact) mass is 393 g/mol. The van der Waals surface area contributed by atoms with Gasteiger partial charge in [-0.25, -0.2) is 5.43 Å². The molecule has 0 aliphatic carbocycles. The number of rotatable bonds is 4. The van der Waals surface area contributed by atoms with Gasteiger partial charge in [-0.2, -0.15) is 18.3 Å². The van der Waals surface area contributed by atoms with Crippen molar-refractivity contribution in [3.8, 4) is 11.3 Å². The maximum Gasteiger partial charge on any atom is 0.417 e. The number of amides is 1. The van der Waals surface area contributed by atoms with Crippen molar-refractivity contribution in [1.82, 2.24) is 10.4 Å². The van der Waals surface area contributed by atoms with Crippen LogP contribution in [0.15, 0.2) is 64.4 Å². The second kappa shape index (κ2) is 7.63. The molecule has 2 heterocycles. The maximum atomic E-state index is 13.0. The fourth-order valence-corrected chi connectivity index (χ4v) is 2.42. The normalized spacial score (nSPS) is 11.7. The Hall–Kier alpha value is -3.13. The second-order valence-electron chi connectivity index (χ2n) is 5.33. The number of hydrogen-bond donors (Lipinski definition) is 1. The molecule has 0 saturated carbocycles. The van der Waals surface area contributed by atoms with E-state index in [0.717, 1.165) is 12.1 Å². The van der Waals surface area contributed by atoms with Crippen LogP contribution in [0.4, 0.5) is 13.2 Å². The van der Waals surface area contributed by atoms with Crippen molar-refractivity contribution in [2.45, 2.75) is 6.18 Å². The average Bonchev–Trinajstić information content (AvgIpc) is 3.10. The van der Waals surface area contributed by atoms with Crippen LogP contribution in [0.2, 0.25) is 5.02 Å². The average molecular weight is 394 g/mol. The highest BCUT2D eigenvalue weighted by Gasteiger charge is 2.33. The number of furan rings is 1. The molecule has 1 aromatic carbocycles. The zero-order chi connectivity index (χ0) is 19.4. The summed E-state index contributed by atoms with van der Waals surface area (Å²) < 4.78 is 44.3. The van der Waals surface area contributed by atoms with Crippen LogP contribution in [0.25, 0.3) is 11.3 Å². The Morgan fingerprint density at radius 2 is 1.89 bits per heavy atom. The van der Waals surface area contributed by atoms with Crippen LogP contribution in [0.1, 0.15) is 21.7 Å². The topological polar surface area (TPSA) is 67.5 Å². The van der Waals surface area contributed by atoms with Crippen LogP contribution in [0.5, 0.6) is 0 Å². The van der Waals surface area contributed by atoms with Crippen molar-refractivity contribution in [2.75, 3.05) is 0 Å². The van der Waals surface area contributed by atoms with Crippen molar-refractivity contribution < 1.29 is 22.4 Å². The van der Waals surface area contributed by atoms with Crippen molar-refractivity contribution in [3.63, 3.8) is 0 Å². The van der Waals surface area contributed by atoms with Crippen LogP contribution in [0.3, 0.4) is 0 Å². The van der Waals surface area contributed by atoms with Crippen molar-refractivity contribution >= 4 is 23.7 Å². The summed E-state index contributed by atoms with van der Waals surface area (Å²) in [5.74, 6) is 0.0237. The summed E-state index contributed by atoms with van der Waals surface area (Å²) in [5, 5.41) is 3.37. The minimum atomic E-state index is -4.57. The van der Waals surface area contributed by atoms with E-state index < -0.39 is 22.7 Å². The number of halogens is 4. The molecule has 0 saturated heterocycles. The maximum absolute atomic E-state index is 13.0. The predicted octanol–water partition coefficient (Wildman–Crippen LogP) is 4.78. The van der Waals surface area contributed by atoms with Gasteiger partial charge in [-0.3, -0.25) is 9.78 Å². The van der Waals surface area contributed by atoms with Gasteiger partial charge in [0.25, 0.3) is 5.91 Å². The van der Waals surface area contributed by atoms with Crippen LogP contribution in [-0.4, -0.2) is 17.1 Å². The van der Waals surface area contributed by atoms with Crippen LogP contribution < -0.4 is 5.43 Å². The van der Waals surface area contributed by atoms with E-state index in [0.29, 0.717) is 5.56 Å². The van der Waals surface area contributed by atoms with Gasteiger partial charge in [-0.15, -0.1) is 0 Å². The molecule has 9 heteroatoms. The summed E-state index contributed by atoms with van der Waals surface area (Å²) in [7, 11) is 0. The van der Waals surface area contributed by atoms with E-state index >= 15 is 0 Å². The van der Waals surface area contributed by atoms with E-state index in [4.69, 9.17) is 16.0 Å². The number of nitrogens with zero attached hydrogens (tertiary/aromatic N) is 2. The van der Waals surface area contributed by atoms with Gasteiger partial charge in [0.05, 0.1) is 16.8 Å². The lowest BCUT2D eigenvalue weighted by Crippen LogP contribution is -2.17. The second-order valence-corrected chi connectivity index (χ2v) is 5.74. The summed E-state index contributed by atoms with van der Waals surface area (Å²) >= 11 is 5.61. The van der Waals surface area contributed by atoms with Crippen molar-refractivity contribution in [1.29, 1.82) is 0 Å².